The fourth-order valence-electron chi connectivity index (χ4n) is 2.16. The maximum Gasteiger partial charge on any atom is 0.421 e. The monoisotopic (exact) mass is 334 g/mol. The zero-order chi connectivity index (χ0) is 17.2. The van der Waals surface area contributed by atoms with E-state index in [1.54, 1.807) is 32.4 Å². The zero-order valence-corrected chi connectivity index (χ0v) is 13.9. The number of nitrogens with zero attached hydrogens (tertiary/aromatic N) is 1. The lowest BCUT2D eigenvalue weighted by Crippen LogP contribution is -2.43. The van der Waals surface area contributed by atoms with Gasteiger partial charge in [0, 0.05) is 12.0 Å². The van der Waals surface area contributed by atoms with Crippen LogP contribution in [-0.4, -0.2) is 48.3 Å². The van der Waals surface area contributed by atoms with Crippen LogP contribution < -0.4 is 4.72 Å². The van der Waals surface area contributed by atoms with Gasteiger partial charge in [-0.15, -0.1) is 0 Å². The third-order valence-corrected chi connectivity index (χ3v) is 4.09. The number of carboxylic acid groups (broad SMARTS) is 1. The number of ether oxygens (including phenoxy) is 1. The minimum absolute atomic E-state index is 0.343. The van der Waals surface area contributed by atoms with E-state index in [1.807, 2.05) is 0 Å². The maximum absolute atomic E-state index is 11.8. The summed E-state index contributed by atoms with van der Waals surface area (Å²) in [6.45, 7) is 6.81. The van der Waals surface area contributed by atoms with E-state index in [0.29, 0.717) is 19.4 Å². The van der Waals surface area contributed by atoms with E-state index in [2.05, 4.69) is 0 Å². The van der Waals surface area contributed by atoms with Crippen molar-refractivity contribution in [3.8, 4) is 0 Å². The Balaban J connectivity index is 2.79. The number of amides is 2. The van der Waals surface area contributed by atoms with Crippen LogP contribution >= 0.6 is 0 Å². The van der Waals surface area contributed by atoms with Crippen molar-refractivity contribution >= 4 is 22.2 Å². The Morgan fingerprint density at radius 1 is 1.36 bits per heavy atom. The minimum Gasteiger partial charge on any atom is -0.465 e. The van der Waals surface area contributed by atoms with E-state index in [9.17, 15) is 18.0 Å². The molecule has 1 fully saturated rings. The van der Waals surface area contributed by atoms with E-state index < -0.39 is 33.3 Å². The second-order valence-electron chi connectivity index (χ2n) is 6.35. The molecule has 1 rings (SSSR count). The number of hydrogen-bond donors (Lipinski definition) is 2. The van der Waals surface area contributed by atoms with Crippen LogP contribution in [0.15, 0.2) is 11.5 Å². The molecule has 0 radical (unpaired) electrons. The van der Waals surface area contributed by atoms with Crippen LogP contribution in [0, 0.1) is 0 Å². The zero-order valence-electron chi connectivity index (χ0n) is 13.1. The number of sulfonamides is 1. The van der Waals surface area contributed by atoms with Gasteiger partial charge in [0.05, 0.1) is 5.54 Å². The van der Waals surface area contributed by atoms with E-state index in [-0.39, 0.29) is 0 Å². The van der Waals surface area contributed by atoms with Gasteiger partial charge in [0.1, 0.15) is 5.60 Å². The number of likely N-dealkylation sites (tertiary alicyclic amines) is 1. The molecule has 0 bridgehead atoms. The van der Waals surface area contributed by atoms with Crippen LogP contribution in [-0.2, 0) is 14.8 Å². The van der Waals surface area contributed by atoms with E-state index in [4.69, 9.17) is 9.84 Å². The highest BCUT2D eigenvalue weighted by atomic mass is 32.2. The molecule has 0 aromatic rings. The summed E-state index contributed by atoms with van der Waals surface area (Å²) >= 11 is 0. The average molecular weight is 334 g/mol. The summed E-state index contributed by atoms with van der Waals surface area (Å²) in [5.41, 5.74) is -1.73. The summed E-state index contributed by atoms with van der Waals surface area (Å²) in [5.74, 6) is 0. The Kier molecular flexibility index (Phi) is 5.11. The lowest BCUT2D eigenvalue weighted by molar-refractivity contribution is 0.0570. The third-order valence-electron chi connectivity index (χ3n) is 3.14. The Hall–Kier alpha value is -1.77. The Labute approximate surface area is 130 Å². The van der Waals surface area contributed by atoms with Crippen molar-refractivity contribution in [2.24, 2.45) is 0 Å². The Morgan fingerprint density at radius 3 is 2.45 bits per heavy atom. The molecule has 1 aliphatic rings. The van der Waals surface area contributed by atoms with E-state index in [0.717, 1.165) is 5.41 Å². The van der Waals surface area contributed by atoms with E-state index >= 15 is 0 Å². The molecule has 9 heteroatoms. The number of carbonyl (C=O) groups is 2. The number of nitrogens with one attached hydrogen (secondary N) is 1. The predicted molar refractivity (Wildman–Crippen MR) is 79.8 cm³/mol. The van der Waals surface area contributed by atoms with Crippen LogP contribution in [0.3, 0.4) is 0 Å². The highest BCUT2D eigenvalue weighted by Gasteiger charge is 2.38. The molecule has 0 aliphatic carbocycles. The van der Waals surface area contributed by atoms with Crippen LogP contribution in [0.2, 0.25) is 0 Å². The van der Waals surface area contributed by atoms with Crippen molar-refractivity contribution < 1.29 is 27.9 Å². The minimum atomic E-state index is -4.05. The summed E-state index contributed by atoms with van der Waals surface area (Å²) in [7, 11) is -4.05. The molecule has 0 aromatic heterocycles. The maximum atomic E-state index is 11.8. The number of hydrogen-bond acceptors (Lipinski definition) is 5. The van der Waals surface area contributed by atoms with Gasteiger partial charge in [-0.05, 0) is 46.6 Å². The Morgan fingerprint density at radius 2 is 1.95 bits per heavy atom. The van der Waals surface area contributed by atoms with Gasteiger partial charge in [0.2, 0.25) is 0 Å². The third kappa shape index (κ3) is 5.21. The van der Waals surface area contributed by atoms with Gasteiger partial charge in [-0.1, -0.05) is 0 Å². The van der Waals surface area contributed by atoms with Crippen molar-refractivity contribution in [1.29, 1.82) is 0 Å². The highest BCUT2D eigenvalue weighted by molar-refractivity contribution is 7.92. The standard InChI is InChI=1S/C13H22N2O6S/c1-12(2,3)21-10(16)14-22(19,20)9-7-13(4)6-5-8-15(13)11(17)18/h7,9H,5-6,8H2,1-4H3,(H,14,16)(H,17,18). The van der Waals surface area contributed by atoms with E-state index in [1.165, 1.54) is 11.0 Å². The molecule has 1 unspecified atom stereocenters. The first-order valence-electron chi connectivity index (χ1n) is 6.80. The van der Waals surface area contributed by atoms with Gasteiger partial charge in [-0.2, -0.15) is 0 Å². The molecule has 1 heterocycles. The first-order valence-corrected chi connectivity index (χ1v) is 8.35. The van der Waals surface area contributed by atoms with Gasteiger partial charge in [-0.25, -0.2) is 22.7 Å². The summed E-state index contributed by atoms with van der Waals surface area (Å²) < 4.78 is 30.3. The lowest BCUT2D eigenvalue weighted by atomic mass is 10.00. The van der Waals surface area contributed by atoms with Crippen LogP contribution in [0.5, 0.6) is 0 Å². The van der Waals surface area contributed by atoms with Crippen molar-refractivity contribution in [3.05, 3.63) is 11.5 Å². The number of carbonyl (C=O) groups excluding carboxylic acids is 1. The largest absolute Gasteiger partial charge is 0.465 e. The second-order valence-corrected chi connectivity index (χ2v) is 7.91. The van der Waals surface area contributed by atoms with Gasteiger partial charge in [0.25, 0.3) is 10.0 Å². The van der Waals surface area contributed by atoms with Crippen molar-refractivity contribution in [1.82, 2.24) is 9.62 Å². The molecular weight excluding hydrogens is 312 g/mol. The highest BCUT2D eigenvalue weighted by Crippen LogP contribution is 2.30. The first kappa shape index (κ1) is 18.3. The quantitative estimate of drug-likeness (QED) is 0.815. The van der Waals surface area contributed by atoms with Crippen molar-refractivity contribution in [3.63, 3.8) is 0 Å². The van der Waals surface area contributed by atoms with Crippen LogP contribution in [0.25, 0.3) is 0 Å². The predicted octanol–water partition coefficient (Wildman–Crippen LogP) is 1.89. The fraction of sp³-hybridized carbons (Fsp3) is 0.692. The smallest absolute Gasteiger partial charge is 0.421 e. The van der Waals surface area contributed by atoms with Gasteiger partial charge < -0.3 is 9.84 Å². The summed E-state index contributed by atoms with van der Waals surface area (Å²) in [4.78, 5) is 23.8. The molecule has 1 saturated heterocycles. The Bertz CT molecular complexity index is 578. The van der Waals surface area contributed by atoms with Crippen molar-refractivity contribution in [2.45, 2.75) is 51.7 Å². The second kappa shape index (κ2) is 6.15. The lowest BCUT2D eigenvalue weighted by Gasteiger charge is -2.29. The molecule has 0 saturated carbocycles. The molecule has 2 amide bonds. The summed E-state index contributed by atoms with van der Waals surface area (Å²) in [5, 5.41) is 9.91. The molecule has 126 valence electrons. The molecule has 0 spiro atoms. The SMILES string of the molecule is CC(C)(C)OC(=O)NS(=O)(=O)C=CC1(C)CCCN1C(=O)O. The molecule has 1 aliphatic heterocycles. The summed E-state index contributed by atoms with van der Waals surface area (Å²) in [6, 6.07) is 0. The van der Waals surface area contributed by atoms with Crippen LogP contribution in [0.4, 0.5) is 9.59 Å². The topological polar surface area (TPSA) is 113 Å². The van der Waals surface area contributed by atoms with Gasteiger partial charge in [-0.3, -0.25) is 4.90 Å². The molecule has 0 aromatic carbocycles. The molecule has 1 atom stereocenters. The van der Waals surface area contributed by atoms with Gasteiger partial charge >= 0.3 is 12.2 Å². The molecular formula is C13H22N2O6S. The molecule has 8 nitrogen and oxygen atoms in total. The molecule has 22 heavy (non-hydrogen) atoms. The molecule has 2 N–H and O–H groups in total. The van der Waals surface area contributed by atoms with Crippen LogP contribution in [0.1, 0.15) is 40.5 Å². The van der Waals surface area contributed by atoms with Crippen molar-refractivity contribution in [2.75, 3.05) is 6.54 Å². The number of rotatable bonds is 3. The summed E-state index contributed by atoms with van der Waals surface area (Å²) in [6.07, 6.45) is 0.247. The first-order chi connectivity index (χ1) is 9.85. The fourth-order valence-corrected chi connectivity index (χ4v) is 2.97. The normalized spacial score (nSPS) is 22.8. The average Bonchev–Trinajstić information content (AvgIpc) is 2.66. The van der Waals surface area contributed by atoms with Gasteiger partial charge in [0.15, 0.2) is 0 Å².